The Balaban J connectivity index is 1.93. The number of rotatable bonds is 6. The molecule has 3 rings (SSSR count). The fourth-order valence-corrected chi connectivity index (χ4v) is 3.54. The first-order valence-corrected chi connectivity index (χ1v) is 9.94. The fraction of sp³-hybridized carbons (Fsp3) is 0.167. The van der Waals surface area contributed by atoms with Crippen LogP contribution in [0.2, 0.25) is 10.0 Å². The van der Waals surface area contributed by atoms with E-state index in [-0.39, 0.29) is 22.0 Å². The molecule has 0 bridgehead atoms. The molecule has 0 atom stereocenters. The maximum Gasteiger partial charge on any atom is 0.229 e. The van der Waals surface area contributed by atoms with Crippen LogP contribution in [-0.2, 0) is 0 Å². The van der Waals surface area contributed by atoms with Crippen molar-refractivity contribution in [3.8, 4) is 0 Å². The number of nitrogens with two attached hydrogens (primary N) is 1. The number of halogens is 2. The number of pyridine rings is 1. The van der Waals surface area contributed by atoms with Crippen LogP contribution in [0.15, 0.2) is 47.8 Å². The lowest BCUT2D eigenvalue weighted by molar-refractivity contribution is 0.295. The summed E-state index contributed by atoms with van der Waals surface area (Å²) in [7, 11) is 0. The Kier molecular flexibility index (Phi) is 6.46. The number of thioether (sulfide) groups is 1. The lowest BCUT2D eigenvalue weighted by atomic mass is 10.3. The highest BCUT2D eigenvalue weighted by atomic mass is 35.5. The number of hydrogen-bond acceptors (Lipinski definition) is 8. The van der Waals surface area contributed by atoms with E-state index in [4.69, 9.17) is 28.9 Å². The Morgan fingerprint density at radius 3 is 2.68 bits per heavy atom. The summed E-state index contributed by atoms with van der Waals surface area (Å²) < 4.78 is 0. The SMILES string of the molecule is CC(C)Sc1ncccc1N(O)c1nc(Nc2ccc(N)cc2Cl)ncc1Cl. The lowest BCUT2D eigenvalue weighted by Crippen LogP contribution is -2.15. The van der Waals surface area contributed by atoms with E-state index in [2.05, 4.69) is 20.3 Å². The summed E-state index contributed by atoms with van der Waals surface area (Å²) in [6.07, 6.45) is 3.06. The van der Waals surface area contributed by atoms with Gasteiger partial charge in [-0.3, -0.25) is 5.21 Å². The van der Waals surface area contributed by atoms with Crippen LogP contribution < -0.4 is 16.1 Å². The zero-order valence-corrected chi connectivity index (χ0v) is 17.4. The van der Waals surface area contributed by atoms with Gasteiger partial charge in [-0.05, 0) is 30.3 Å². The molecule has 10 heteroatoms. The average molecular weight is 437 g/mol. The number of benzene rings is 1. The normalized spacial score (nSPS) is 10.9. The van der Waals surface area contributed by atoms with Crippen molar-refractivity contribution < 1.29 is 5.21 Å². The standard InChI is InChI=1S/C18H18Cl2N6OS/c1-10(2)28-17-15(4-3-7-22-17)26(27)16-13(20)9-23-18(25-16)24-14-6-5-11(21)8-12(14)19/h3-10,27H,21H2,1-2H3,(H,23,24,25). The molecule has 0 saturated carbocycles. The minimum absolute atomic E-state index is 0.115. The second-order valence-corrected chi connectivity index (χ2v) is 8.42. The van der Waals surface area contributed by atoms with E-state index in [1.165, 1.54) is 18.0 Å². The minimum Gasteiger partial charge on any atom is -0.399 e. The number of aromatic nitrogens is 3. The third kappa shape index (κ3) is 4.77. The molecule has 4 N–H and O–H groups in total. The van der Waals surface area contributed by atoms with Gasteiger partial charge in [-0.1, -0.05) is 37.0 Å². The van der Waals surface area contributed by atoms with E-state index in [0.717, 1.165) is 5.06 Å². The highest BCUT2D eigenvalue weighted by Gasteiger charge is 2.19. The molecular weight excluding hydrogens is 419 g/mol. The Morgan fingerprint density at radius 2 is 1.96 bits per heavy atom. The van der Waals surface area contributed by atoms with Crippen molar-refractivity contribution in [2.24, 2.45) is 0 Å². The van der Waals surface area contributed by atoms with Gasteiger partial charge in [0, 0.05) is 17.1 Å². The number of nitrogens with zero attached hydrogens (tertiary/aromatic N) is 4. The van der Waals surface area contributed by atoms with Crippen LogP contribution in [-0.4, -0.2) is 25.4 Å². The maximum absolute atomic E-state index is 10.8. The molecule has 0 unspecified atom stereocenters. The molecule has 0 aliphatic rings. The molecule has 28 heavy (non-hydrogen) atoms. The number of nitrogens with one attached hydrogen (secondary N) is 1. The monoisotopic (exact) mass is 436 g/mol. The summed E-state index contributed by atoms with van der Waals surface area (Å²) in [5, 5.41) is 16.2. The zero-order chi connectivity index (χ0) is 20.3. The molecule has 0 spiro atoms. The molecule has 0 aliphatic heterocycles. The molecule has 1 aromatic carbocycles. The van der Waals surface area contributed by atoms with Crippen LogP contribution in [0.3, 0.4) is 0 Å². The quantitative estimate of drug-likeness (QED) is 0.263. The molecule has 0 amide bonds. The Bertz CT molecular complexity index is 988. The molecular formula is C18H18Cl2N6OS. The van der Waals surface area contributed by atoms with Crippen molar-refractivity contribution in [3.63, 3.8) is 0 Å². The van der Waals surface area contributed by atoms with E-state index in [1.807, 2.05) is 13.8 Å². The Morgan fingerprint density at radius 1 is 1.18 bits per heavy atom. The van der Waals surface area contributed by atoms with Gasteiger partial charge in [0.1, 0.15) is 15.7 Å². The Labute approximate surface area is 176 Å². The van der Waals surface area contributed by atoms with Gasteiger partial charge >= 0.3 is 0 Å². The molecule has 146 valence electrons. The van der Waals surface area contributed by atoms with Crippen LogP contribution in [0.1, 0.15) is 13.8 Å². The first-order chi connectivity index (χ1) is 13.3. The number of nitrogen functional groups attached to an aromatic ring is 1. The predicted octanol–water partition coefficient (Wildman–Crippen LogP) is 5.53. The molecule has 0 saturated heterocycles. The summed E-state index contributed by atoms with van der Waals surface area (Å²) >= 11 is 13.9. The zero-order valence-electron chi connectivity index (χ0n) is 15.1. The summed E-state index contributed by atoms with van der Waals surface area (Å²) in [4.78, 5) is 12.8. The largest absolute Gasteiger partial charge is 0.399 e. The van der Waals surface area contributed by atoms with Gasteiger partial charge < -0.3 is 11.1 Å². The average Bonchev–Trinajstić information content (AvgIpc) is 2.65. The number of anilines is 5. The molecule has 2 heterocycles. The number of hydrogen-bond donors (Lipinski definition) is 3. The van der Waals surface area contributed by atoms with Crippen molar-refractivity contribution in [1.82, 2.24) is 15.0 Å². The second-order valence-electron chi connectivity index (χ2n) is 6.04. The first-order valence-electron chi connectivity index (χ1n) is 8.30. The molecule has 7 nitrogen and oxygen atoms in total. The summed E-state index contributed by atoms with van der Waals surface area (Å²) in [5.41, 5.74) is 7.30. The second kappa shape index (κ2) is 8.83. The topological polar surface area (TPSA) is 100 Å². The van der Waals surface area contributed by atoms with E-state index in [9.17, 15) is 5.21 Å². The highest BCUT2D eigenvalue weighted by molar-refractivity contribution is 7.99. The highest BCUT2D eigenvalue weighted by Crippen LogP contribution is 2.36. The molecule has 0 fully saturated rings. The van der Waals surface area contributed by atoms with Crippen LogP contribution in [0.25, 0.3) is 0 Å². The summed E-state index contributed by atoms with van der Waals surface area (Å²) in [6, 6.07) is 8.49. The van der Waals surface area contributed by atoms with Crippen LogP contribution in [0.4, 0.5) is 28.8 Å². The smallest absolute Gasteiger partial charge is 0.229 e. The third-order valence-electron chi connectivity index (χ3n) is 3.49. The van der Waals surface area contributed by atoms with Gasteiger partial charge in [-0.2, -0.15) is 4.98 Å². The van der Waals surface area contributed by atoms with Crippen LogP contribution in [0, 0.1) is 0 Å². The third-order valence-corrected chi connectivity index (χ3v) is 5.08. The van der Waals surface area contributed by atoms with E-state index in [0.29, 0.717) is 27.1 Å². The van der Waals surface area contributed by atoms with Crippen molar-refractivity contribution >= 4 is 63.8 Å². The van der Waals surface area contributed by atoms with Crippen LogP contribution >= 0.6 is 35.0 Å². The maximum atomic E-state index is 10.8. The first kappa shape index (κ1) is 20.5. The summed E-state index contributed by atoms with van der Waals surface area (Å²) in [5.74, 6) is 0.330. The molecule has 2 aromatic heterocycles. The van der Waals surface area contributed by atoms with Gasteiger partial charge in [-0.25, -0.2) is 15.0 Å². The molecule has 0 aliphatic carbocycles. The Hall–Kier alpha value is -2.26. The predicted molar refractivity (Wildman–Crippen MR) is 115 cm³/mol. The van der Waals surface area contributed by atoms with E-state index >= 15 is 0 Å². The fourth-order valence-electron chi connectivity index (χ4n) is 2.29. The van der Waals surface area contributed by atoms with Crippen LogP contribution in [0.5, 0.6) is 0 Å². The van der Waals surface area contributed by atoms with Crippen molar-refractivity contribution in [1.29, 1.82) is 0 Å². The molecule has 0 radical (unpaired) electrons. The minimum atomic E-state index is 0.115. The van der Waals surface area contributed by atoms with Crippen molar-refractivity contribution in [3.05, 3.63) is 52.8 Å². The van der Waals surface area contributed by atoms with Gasteiger partial charge in [0.15, 0.2) is 5.82 Å². The summed E-state index contributed by atoms with van der Waals surface area (Å²) in [6.45, 7) is 4.09. The van der Waals surface area contributed by atoms with Crippen molar-refractivity contribution in [2.45, 2.75) is 24.1 Å². The van der Waals surface area contributed by atoms with E-state index < -0.39 is 0 Å². The van der Waals surface area contributed by atoms with Gasteiger partial charge in [0.2, 0.25) is 5.95 Å². The lowest BCUT2D eigenvalue weighted by Gasteiger charge is -2.20. The van der Waals surface area contributed by atoms with Gasteiger partial charge in [-0.15, -0.1) is 11.8 Å². The van der Waals surface area contributed by atoms with Crippen molar-refractivity contribution in [2.75, 3.05) is 16.1 Å². The van der Waals surface area contributed by atoms with Gasteiger partial charge in [0.25, 0.3) is 0 Å². The molecule has 3 aromatic rings. The van der Waals surface area contributed by atoms with E-state index in [1.54, 1.807) is 36.5 Å². The van der Waals surface area contributed by atoms with Gasteiger partial charge in [0.05, 0.1) is 16.9 Å².